The van der Waals surface area contributed by atoms with Gasteiger partial charge in [0.15, 0.2) is 0 Å². The van der Waals surface area contributed by atoms with Crippen molar-refractivity contribution >= 4 is 22.5 Å². The van der Waals surface area contributed by atoms with E-state index in [9.17, 15) is 14.4 Å². The van der Waals surface area contributed by atoms with Crippen molar-refractivity contribution in [1.82, 2.24) is 9.13 Å². The molecule has 6 nitrogen and oxygen atoms in total. The molecular weight excluding hydrogens is 354 g/mol. The highest BCUT2D eigenvalue weighted by Crippen LogP contribution is 2.16. The lowest BCUT2D eigenvalue weighted by Gasteiger charge is -2.18. The van der Waals surface area contributed by atoms with Gasteiger partial charge in [-0.05, 0) is 43.5 Å². The molecule has 0 radical (unpaired) electrons. The number of anilines is 1. The van der Waals surface area contributed by atoms with Crippen LogP contribution in [0.4, 0.5) is 5.69 Å². The van der Waals surface area contributed by atoms with Gasteiger partial charge in [0.05, 0.1) is 10.9 Å². The lowest BCUT2D eigenvalue weighted by molar-refractivity contribution is -0.116. The van der Waals surface area contributed by atoms with Crippen molar-refractivity contribution in [2.45, 2.75) is 46.2 Å². The molecule has 0 aliphatic heterocycles. The third-order valence-corrected chi connectivity index (χ3v) is 5.09. The van der Waals surface area contributed by atoms with Gasteiger partial charge in [0.25, 0.3) is 5.56 Å². The number of fused-ring (bicyclic) bond motifs is 1. The van der Waals surface area contributed by atoms with Crippen LogP contribution >= 0.6 is 0 Å². The molecule has 1 N–H and O–H groups in total. The Hall–Kier alpha value is -3.15. The summed E-state index contributed by atoms with van der Waals surface area (Å²) in [5.74, 6) is -0.303. The van der Waals surface area contributed by atoms with E-state index in [2.05, 4.69) is 5.32 Å². The molecule has 0 saturated carbocycles. The van der Waals surface area contributed by atoms with Gasteiger partial charge in [-0.3, -0.25) is 18.7 Å². The van der Waals surface area contributed by atoms with E-state index in [1.165, 1.54) is 9.13 Å². The highest BCUT2D eigenvalue weighted by atomic mass is 16.2. The Morgan fingerprint density at radius 2 is 1.71 bits per heavy atom. The highest BCUT2D eigenvalue weighted by molar-refractivity contribution is 5.92. The van der Waals surface area contributed by atoms with Crippen LogP contribution in [0.3, 0.4) is 0 Å². The van der Waals surface area contributed by atoms with Crippen LogP contribution in [0.5, 0.6) is 0 Å². The van der Waals surface area contributed by atoms with Crippen LogP contribution in [0.1, 0.15) is 38.8 Å². The largest absolute Gasteiger partial charge is 0.332 e. The monoisotopic (exact) mass is 379 g/mol. The average molecular weight is 379 g/mol. The van der Waals surface area contributed by atoms with E-state index in [0.717, 1.165) is 17.7 Å². The molecule has 28 heavy (non-hydrogen) atoms. The summed E-state index contributed by atoms with van der Waals surface area (Å²) in [6.07, 6.45) is 1.43. The van der Waals surface area contributed by atoms with Gasteiger partial charge in [0, 0.05) is 11.7 Å². The van der Waals surface area contributed by atoms with Gasteiger partial charge in [-0.1, -0.05) is 44.2 Å². The van der Waals surface area contributed by atoms with Gasteiger partial charge < -0.3 is 5.32 Å². The van der Waals surface area contributed by atoms with Crippen LogP contribution < -0.4 is 16.6 Å². The summed E-state index contributed by atoms with van der Waals surface area (Å²) in [4.78, 5) is 38.6. The van der Waals surface area contributed by atoms with Crippen LogP contribution in [0.25, 0.3) is 10.9 Å². The molecule has 0 fully saturated rings. The maximum Gasteiger partial charge on any atom is 0.332 e. The lowest BCUT2D eigenvalue weighted by Crippen LogP contribution is -2.43. The Kier molecular flexibility index (Phi) is 5.78. The van der Waals surface area contributed by atoms with Crippen molar-refractivity contribution < 1.29 is 4.79 Å². The Morgan fingerprint density at radius 3 is 2.43 bits per heavy atom. The van der Waals surface area contributed by atoms with Crippen LogP contribution in [0.15, 0.2) is 58.1 Å². The number of aromatic nitrogens is 2. The number of nitrogens with zero attached hydrogens (tertiary/aromatic N) is 2. The summed E-state index contributed by atoms with van der Waals surface area (Å²) in [5.41, 5.74) is 1.45. The molecule has 1 amide bonds. The number of benzene rings is 2. The molecule has 0 bridgehead atoms. The molecule has 6 heteroatoms. The minimum atomic E-state index is -0.461. The first kappa shape index (κ1) is 19.6. The third kappa shape index (κ3) is 3.63. The second kappa shape index (κ2) is 8.25. The Bertz CT molecular complexity index is 1130. The quantitative estimate of drug-likeness (QED) is 0.714. The number of hydrogen-bond donors (Lipinski definition) is 1. The van der Waals surface area contributed by atoms with E-state index >= 15 is 0 Å². The van der Waals surface area contributed by atoms with Crippen LogP contribution in [-0.2, 0) is 17.8 Å². The first-order valence-electron chi connectivity index (χ1n) is 9.59. The first-order valence-corrected chi connectivity index (χ1v) is 9.59. The average Bonchev–Trinajstić information content (AvgIpc) is 2.71. The van der Waals surface area contributed by atoms with Gasteiger partial charge in [-0.15, -0.1) is 0 Å². The SMILES string of the molecule is CCc1ccccc1NC(=O)Cn1c(=O)n(C(C)CC)c(=O)c2ccccc21. The summed E-state index contributed by atoms with van der Waals surface area (Å²) in [6.45, 7) is 5.61. The molecule has 146 valence electrons. The van der Waals surface area contributed by atoms with E-state index in [1.54, 1.807) is 24.3 Å². The van der Waals surface area contributed by atoms with Gasteiger partial charge in [0.2, 0.25) is 5.91 Å². The van der Waals surface area contributed by atoms with E-state index < -0.39 is 5.69 Å². The molecule has 0 aliphatic carbocycles. The number of hydrogen-bond acceptors (Lipinski definition) is 3. The van der Waals surface area contributed by atoms with Crippen molar-refractivity contribution in [1.29, 1.82) is 0 Å². The van der Waals surface area contributed by atoms with E-state index in [-0.39, 0.29) is 24.1 Å². The molecule has 3 rings (SSSR count). The molecule has 0 spiro atoms. The van der Waals surface area contributed by atoms with Crippen molar-refractivity contribution in [3.8, 4) is 0 Å². The van der Waals surface area contributed by atoms with Crippen molar-refractivity contribution in [2.24, 2.45) is 0 Å². The van der Waals surface area contributed by atoms with E-state index in [1.807, 2.05) is 45.0 Å². The van der Waals surface area contributed by atoms with E-state index in [0.29, 0.717) is 17.3 Å². The predicted molar refractivity (Wildman–Crippen MR) is 112 cm³/mol. The smallest absolute Gasteiger partial charge is 0.324 e. The number of amides is 1. The third-order valence-electron chi connectivity index (χ3n) is 5.09. The fraction of sp³-hybridized carbons (Fsp3) is 0.318. The van der Waals surface area contributed by atoms with E-state index in [4.69, 9.17) is 0 Å². The zero-order chi connectivity index (χ0) is 20.3. The summed E-state index contributed by atoms with van der Waals surface area (Å²) in [5, 5.41) is 3.33. The lowest BCUT2D eigenvalue weighted by atomic mass is 10.1. The van der Waals surface area contributed by atoms with Crippen LogP contribution in [0, 0.1) is 0 Å². The maximum atomic E-state index is 13.1. The number of rotatable bonds is 6. The van der Waals surface area contributed by atoms with Crippen molar-refractivity contribution in [3.63, 3.8) is 0 Å². The molecule has 0 aliphatic rings. The molecule has 1 aromatic heterocycles. The topological polar surface area (TPSA) is 73.1 Å². The molecular formula is C22H25N3O3. The molecule has 1 heterocycles. The fourth-order valence-electron chi connectivity index (χ4n) is 3.35. The summed E-state index contributed by atoms with van der Waals surface area (Å²) >= 11 is 0. The normalized spacial score (nSPS) is 12.1. The van der Waals surface area contributed by atoms with Gasteiger partial charge in [0.1, 0.15) is 6.54 Å². The molecule has 2 aromatic carbocycles. The van der Waals surface area contributed by atoms with Gasteiger partial charge in [-0.25, -0.2) is 4.79 Å². The molecule has 3 aromatic rings. The second-order valence-electron chi connectivity index (χ2n) is 6.88. The van der Waals surface area contributed by atoms with Crippen molar-refractivity contribution in [3.05, 3.63) is 74.9 Å². The minimum absolute atomic E-state index is 0.159. The van der Waals surface area contributed by atoms with Crippen LogP contribution in [0.2, 0.25) is 0 Å². The van der Waals surface area contributed by atoms with Gasteiger partial charge in [-0.2, -0.15) is 0 Å². The first-order chi connectivity index (χ1) is 13.5. The standard InChI is InChI=1S/C22H25N3O3/c1-4-15(3)25-21(27)17-11-7-9-13-19(17)24(22(25)28)14-20(26)23-18-12-8-6-10-16(18)5-2/h6-13,15H,4-5,14H2,1-3H3,(H,23,26). The molecule has 1 unspecified atom stereocenters. The number of carbonyl (C=O) groups is 1. The molecule has 1 atom stereocenters. The Labute approximate surface area is 163 Å². The number of nitrogens with one attached hydrogen (secondary N) is 1. The number of para-hydroxylation sites is 2. The predicted octanol–water partition coefficient (Wildman–Crippen LogP) is 3.34. The minimum Gasteiger partial charge on any atom is -0.324 e. The van der Waals surface area contributed by atoms with Crippen molar-refractivity contribution in [2.75, 3.05) is 5.32 Å². The summed E-state index contributed by atoms with van der Waals surface area (Å²) in [6, 6.07) is 14.3. The fourth-order valence-corrected chi connectivity index (χ4v) is 3.35. The number of carbonyl (C=O) groups excluding carboxylic acids is 1. The highest BCUT2D eigenvalue weighted by Gasteiger charge is 2.18. The summed E-state index contributed by atoms with van der Waals surface area (Å²) in [7, 11) is 0. The zero-order valence-corrected chi connectivity index (χ0v) is 16.4. The maximum absolute atomic E-state index is 13.1. The Balaban J connectivity index is 2.06. The number of aryl methyl sites for hydroxylation is 1. The molecule has 0 saturated heterocycles. The second-order valence-corrected chi connectivity index (χ2v) is 6.88. The summed E-state index contributed by atoms with van der Waals surface area (Å²) < 4.78 is 2.63. The van der Waals surface area contributed by atoms with Gasteiger partial charge >= 0.3 is 5.69 Å². The zero-order valence-electron chi connectivity index (χ0n) is 16.4. The van der Waals surface area contributed by atoms with Crippen LogP contribution in [-0.4, -0.2) is 15.0 Å². The Morgan fingerprint density at radius 1 is 1.04 bits per heavy atom.